The Morgan fingerprint density at radius 1 is 1.39 bits per heavy atom. The zero-order chi connectivity index (χ0) is 16.4. The summed E-state index contributed by atoms with van der Waals surface area (Å²) in [6.45, 7) is 4.87. The lowest BCUT2D eigenvalue weighted by Crippen LogP contribution is -2.50. The van der Waals surface area contributed by atoms with Crippen molar-refractivity contribution in [1.29, 1.82) is 0 Å². The lowest BCUT2D eigenvalue weighted by molar-refractivity contribution is -0.146. The summed E-state index contributed by atoms with van der Waals surface area (Å²) < 4.78 is 0. The largest absolute Gasteiger partial charge is 0.481 e. The first-order chi connectivity index (χ1) is 11.1. The van der Waals surface area contributed by atoms with Gasteiger partial charge in [0.25, 0.3) is 0 Å². The molecule has 0 aliphatic carbocycles. The number of hydrogen-bond acceptors (Lipinski definition) is 5. The number of nitrogens with zero attached hydrogens (tertiary/aromatic N) is 3. The Morgan fingerprint density at radius 2 is 2.22 bits per heavy atom. The van der Waals surface area contributed by atoms with Gasteiger partial charge in [0.2, 0.25) is 0 Å². The fourth-order valence-electron chi connectivity index (χ4n) is 3.26. The Morgan fingerprint density at radius 3 is 2.91 bits per heavy atom. The van der Waals surface area contributed by atoms with E-state index in [1.165, 1.54) is 0 Å². The molecular formula is C17H21N3O2S. The topological polar surface area (TPSA) is 66.3 Å². The highest BCUT2D eigenvalue weighted by Crippen LogP contribution is 2.30. The monoisotopic (exact) mass is 331 g/mol. The van der Waals surface area contributed by atoms with Crippen molar-refractivity contribution in [3.63, 3.8) is 0 Å². The van der Waals surface area contributed by atoms with E-state index in [1.807, 2.05) is 30.5 Å². The van der Waals surface area contributed by atoms with Crippen LogP contribution in [0.25, 0.3) is 10.7 Å². The Kier molecular flexibility index (Phi) is 4.73. The zero-order valence-electron chi connectivity index (χ0n) is 13.3. The molecule has 0 amide bonds. The number of carboxylic acid groups (broad SMARTS) is 1. The molecule has 3 atom stereocenters. The number of pyridine rings is 1. The number of hydrogen-bond donors (Lipinski definition) is 1. The number of likely N-dealkylation sites (tertiary alicyclic amines) is 1. The third-order valence-corrected chi connectivity index (χ3v) is 5.58. The van der Waals surface area contributed by atoms with Crippen LogP contribution in [-0.2, 0) is 11.3 Å². The van der Waals surface area contributed by atoms with Crippen LogP contribution in [0.1, 0.15) is 32.4 Å². The third kappa shape index (κ3) is 3.43. The SMILES string of the molecule is CC1CCC(C(=O)O)C(C)N1Cc1csc(-c2ccccn2)n1. The second-order valence-electron chi connectivity index (χ2n) is 6.14. The van der Waals surface area contributed by atoms with Gasteiger partial charge in [0.1, 0.15) is 5.01 Å². The quantitative estimate of drug-likeness (QED) is 0.931. The molecule has 23 heavy (non-hydrogen) atoms. The molecule has 0 radical (unpaired) electrons. The molecule has 3 rings (SSSR count). The van der Waals surface area contributed by atoms with Crippen molar-refractivity contribution in [2.24, 2.45) is 5.92 Å². The third-order valence-electron chi connectivity index (χ3n) is 4.66. The van der Waals surface area contributed by atoms with Crippen LogP contribution in [0.15, 0.2) is 29.8 Å². The van der Waals surface area contributed by atoms with Gasteiger partial charge in [-0.2, -0.15) is 0 Å². The average molecular weight is 331 g/mol. The van der Waals surface area contributed by atoms with Crippen LogP contribution in [0.2, 0.25) is 0 Å². The van der Waals surface area contributed by atoms with Crippen molar-refractivity contribution in [3.05, 3.63) is 35.5 Å². The van der Waals surface area contributed by atoms with Gasteiger partial charge in [0.15, 0.2) is 0 Å². The van der Waals surface area contributed by atoms with Crippen LogP contribution < -0.4 is 0 Å². The first kappa shape index (κ1) is 16.1. The Hall–Kier alpha value is -1.79. The molecular weight excluding hydrogens is 310 g/mol. The van der Waals surface area contributed by atoms with E-state index in [9.17, 15) is 9.90 Å². The number of piperidine rings is 1. The van der Waals surface area contributed by atoms with Gasteiger partial charge in [-0.1, -0.05) is 6.07 Å². The van der Waals surface area contributed by atoms with Crippen LogP contribution >= 0.6 is 11.3 Å². The molecule has 2 aromatic rings. The summed E-state index contributed by atoms with van der Waals surface area (Å²) in [6.07, 6.45) is 3.44. The van der Waals surface area contributed by atoms with E-state index < -0.39 is 5.97 Å². The first-order valence-corrected chi connectivity index (χ1v) is 8.78. The molecule has 2 aromatic heterocycles. The second-order valence-corrected chi connectivity index (χ2v) is 7.00. The van der Waals surface area contributed by atoms with Crippen LogP contribution in [0, 0.1) is 5.92 Å². The molecule has 1 aliphatic rings. The van der Waals surface area contributed by atoms with E-state index in [2.05, 4.69) is 21.8 Å². The summed E-state index contributed by atoms with van der Waals surface area (Å²) in [5, 5.41) is 12.3. The summed E-state index contributed by atoms with van der Waals surface area (Å²) >= 11 is 1.58. The molecule has 0 aromatic carbocycles. The van der Waals surface area contributed by atoms with Crippen LogP contribution in [0.5, 0.6) is 0 Å². The molecule has 0 spiro atoms. The van der Waals surface area contributed by atoms with E-state index in [0.29, 0.717) is 12.6 Å². The Bertz CT molecular complexity index is 673. The standard InChI is InChI=1S/C17H21N3O2S/c1-11-6-7-14(17(21)22)12(2)20(11)9-13-10-23-16(19-13)15-5-3-4-8-18-15/h3-5,8,10-12,14H,6-7,9H2,1-2H3,(H,21,22). The molecule has 0 saturated carbocycles. The molecule has 1 N–H and O–H groups in total. The summed E-state index contributed by atoms with van der Waals surface area (Å²) in [5.74, 6) is -0.984. The highest BCUT2D eigenvalue weighted by Gasteiger charge is 2.36. The fraction of sp³-hybridized carbons (Fsp3) is 0.471. The lowest BCUT2D eigenvalue weighted by Gasteiger charge is -2.41. The van der Waals surface area contributed by atoms with Gasteiger partial charge >= 0.3 is 5.97 Å². The number of rotatable bonds is 4. The fourth-order valence-corrected chi connectivity index (χ4v) is 4.05. The minimum atomic E-state index is -0.693. The first-order valence-electron chi connectivity index (χ1n) is 7.90. The summed E-state index contributed by atoms with van der Waals surface area (Å²) in [7, 11) is 0. The molecule has 3 heterocycles. The number of aliphatic carboxylic acids is 1. The van der Waals surface area contributed by atoms with Crippen molar-refractivity contribution in [2.45, 2.75) is 45.3 Å². The maximum atomic E-state index is 11.4. The maximum Gasteiger partial charge on any atom is 0.308 e. The zero-order valence-corrected chi connectivity index (χ0v) is 14.2. The molecule has 0 bridgehead atoms. The van der Waals surface area contributed by atoms with E-state index in [1.54, 1.807) is 17.5 Å². The molecule has 3 unspecified atom stereocenters. The molecule has 1 fully saturated rings. The highest BCUT2D eigenvalue weighted by atomic mass is 32.1. The van der Waals surface area contributed by atoms with Crippen molar-refractivity contribution >= 4 is 17.3 Å². The van der Waals surface area contributed by atoms with Crippen molar-refractivity contribution in [1.82, 2.24) is 14.9 Å². The minimum absolute atomic E-state index is 0.0243. The molecule has 122 valence electrons. The normalized spacial score (nSPS) is 25.4. The van der Waals surface area contributed by atoms with E-state index in [4.69, 9.17) is 0 Å². The van der Waals surface area contributed by atoms with Gasteiger partial charge in [-0.05, 0) is 38.8 Å². The molecule has 1 aliphatic heterocycles. The van der Waals surface area contributed by atoms with E-state index >= 15 is 0 Å². The molecule has 1 saturated heterocycles. The van der Waals surface area contributed by atoms with Gasteiger partial charge in [-0.3, -0.25) is 14.7 Å². The summed E-state index contributed by atoms with van der Waals surface area (Å²) in [5.41, 5.74) is 1.87. The van der Waals surface area contributed by atoms with E-state index in [0.717, 1.165) is 29.2 Å². The predicted molar refractivity (Wildman–Crippen MR) is 90.2 cm³/mol. The molecule has 5 nitrogen and oxygen atoms in total. The van der Waals surface area contributed by atoms with Crippen LogP contribution in [-0.4, -0.2) is 38.0 Å². The number of thiazole rings is 1. The van der Waals surface area contributed by atoms with Gasteiger partial charge in [-0.25, -0.2) is 4.98 Å². The van der Waals surface area contributed by atoms with Crippen molar-refractivity contribution in [3.8, 4) is 10.7 Å². The Balaban J connectivity index is 1.76. The second kappa shape index (κ2) is 6.76. The van der Waals surface area contributed by atoms with Crippen molar-refractivity contribution in [2.75, 3.05) is 0 Å². The van der Waals surface area contributed by atoms with Crippen LogP contribution in [0.3, 0.4) is 0 Å². The van der Waals surface area contributed by atoms with Crippen molar-refractivity contribution < 1.29 is 9.90 Å². The maximum absolute atomic E-state index is 11.4. The van der Waals surface area contributed by atoms with Gasteiger partial charge < -0.3 is 5.11 Å². The summed E-state index contributed by atoms with van der Waals surface area (Å²) in [4.78, 5) is 22.7. The number of carboxylic acids is 1. The van der Waals surface area contributed by atoms with Gasteiger partial charge in [0, 0.05) is 30.2 Å². The smallest absolute Gasteiger partial charge is 0.308 e. The average Bonchev–Trinajstić information content (AvgIpc) is 3.00. The minimum Gasteiger partial charge on any atom is -0.481 e. The predicted octanol–water partition coefficient (Wildman–Crippen LogP) is 3.28. The number of aromatic nitrogens is 2. The van der Waals surface area contributed by atoms with E-state index in [-0.39, 0.29) is 12.0 Å². The summed E-state index contributed by atoms with van der Waals surface area (Å²) in [6, 6.07) is 6.20. The molecule has 6 heteroatoms. The lowest BCUT2D eigenvalue weighted by atomic mass is 9.86. The highest BCUT2D eigenvalue weighted by molar-refractivity contribution is 7.13. The Labute approximate surface area is 140 Å². The van der Waals surface area contributed by atoms with Crippen LogP contribution in [0.4, 0.5) is 0 Å². The number of carbonyl (C=O) groups is 1. The van der Waals surface area contributed by atoms with Gasteiger partial charge in [0.05, 0.1) is 17.3 Å². The van der Waals surface area contributed by atoms with Gasteiger partial charge in [-0.15, -0.1) is 11.3 Å².